The molecule has 0 bridgehead atoms. The molecule has 0 radical (unpaired) electrons. The number of fused-ring (bicyclic) bond motifs is 3. The van der Waals surface area contributed by atoms with Gasteiger partial charge in [0.2, 0.25) is 10.0 Å². The van der Waals surface area contributed by atoms with Gasteiger partial charge in [0.1, 0.15) is 5.82 Å². The molecule has 0 amide bonds. The van der Waals surface area contributed by atoms with Crippen LogP contribution in [-0.2, 0) is 16.4 Å². The number of nitrogens with zero attached hydrogens (tertiary/aromatic N) is 2. The van der Waals surface area contributed by atoms with Gasteiger partial charge < -0.3 is 9.88 Å². The predicted octanol–water partition coefficient (Wildman–Crippen LogP) is 3.65. The molecule has 5 rings (SSSR count). The van der Waals surface area contributed by atoms with E-state index in [4.69, 9.17) is 0 Å². The maximum absolute atomic E-state index is 13.4. The van der Waals surface area contributed by atoms with E-state index in [1.165, 1.54) is 16.4 Å². The van der Waals surface area contributed by atoms with E-state index in [2.05, 4.69) is 9.88 Å². The summed E-state index contributed by atoms with van der Waals surface area (Å²) >= 11 is 0. The third kappa shape index (κ3) is 3.43. The Kier molecular flexibility index (Phi) is 4.86. The number of rotatable bonds is 3. The molecule has 6 nitrogen and oxygen atoms in total. The molecule has 1 aliphatic heterocycles. The molecule has 3 aromatic rings. The number of aryl methyl sites for hydroxylation is 2. The van der Waals surface area contributed by atoms with Gasteiger partial charge >= 0.3 is 0 Å². The molecular formula is C23H24FN3O3S. The summed E-state index contributed by atoms with van der Waals surface area (Å²) in [5, 5.41) is 0.817. The molecule has 0 spiro atoms. The fourth-order valence-electron chi connectivity index (χ4n) is 4.70. The number of hydrogen-bond donors (Lipinski definition) is 1. The Morgan fingerprint density at radius 3 is 2.42 bits per heavy atom. The molecular weight excluding hydrogens is 417 g/mol. The van der Waals surface area contributed by atoms with Crippen molar-refractivity contribution in [2.45, 2.75) is 31.1 Å². The van der Waals surface area contributed by atoms with Crippen molar-refractivity contribution in [3.63, 3.8) is 0 Å². The maximum atomic E-state index is 13.4. The second-order valence-electron chi connectivity index (χ2n) is 8.29. The van der Waals surface area contributed by atoms with Crippen molar-refractivity contribution in [1.29, 1.82) is 0 Å². The number of anilines is 1. The van der Waals surface area contributed by atoms with Gasteiger partial charge in [0.25, 0.3) is 0 Å². The Morgan fingerprint density at radius 2 is 1.71 bits per heavy atom. The van der Waals surface area contributed by atoms with Crippen LogP contribution >= 0.6 is 0 Å². The van der Waals surface area contributed by atoms with Gasteiger partial charge in [0.15, 0.2) is 5.78 Å². The molecule has 1 N–H and O–H groups in total. The van der Waals surface area contributed by atoms with Crippen molar-refractivity contribution in [1.82, 2.24) is 9.29 Å². The van der Waals surface area contributed by atoms with E-state index >= 15 is 0 Å². The minimum Gasteiger partial charge on any atom is -0.369 e. The van der Waals surface area contributed by atoms with Crippen LogP contribution in [0.2, 0.25) is 0 Å². The van der Waals surface area contributed by atoms with Gasteiger partial charge in [-0.1, -0.05) is 0 Å². The van der Waals surface area contributed by atoms with Crippen LogP contribution in [0.25, 0.3) is 10.9 Å². The summed E-state index contributed by atoms with van der Waals surface area (Å²) < 4.78 is 41.5. The van der Waals surface area contributed by atoms with Crippen molar-refractivity contribution < 1.29 is 17.6 Å². The number of piperazine rings is 1. The number of carbonyl (C=O) groups is 1. The van der Waals surface area contributed by atoms with E-state index in [0.29, 0.717) is 43.7 Å². The van der Waals surface area contributed by atoms with Gasteiger partial charge in [0, 0.05) is 60.4 Å². The van der Waals surface area contributed by atoms with Crippen molar-refractivity contribution >= 4 is 32.4 Å². The fourth-order valence-corrected chi connectivity index (χ4v) is 6.35. The number of hydrogen-bond acceptors (Lipinski definition) is 4. The lowest BCUT2D eigenvalue weighted by Crippen LogP contribution is -2.48. The van der Waals surface area contributed by atoms with Crippen LogP contribution in [0.3, 0.4) is 0 Å². The number of aromatic amines is 1. The molecule has 1 fully saturated rings. The van der Waals surface area contributed by atoms with Crippen LogP contribution in [-0.4, -0.2) is 49.7 Å². The molecule has 8 heteroatoms. The van der Waals surface area contributed by atoms with Crippen LogP contribution in [0.15, 0.2) is 41.3 Å². The summed E-state index contributed by atoms with van der Waals surface area (Å²) in [4.78, 5) is 18.0. The highest BCUT2D eigenvalue weighted by molar-refractivity contribution is 7.89. The molecule has 1 aromatic heterocycles. The number of benzene rings is 2. The first-order valence-corrected chi connectivity index (χ1v) is 12.0. The number of sulfonamides is 1. The average molecular weight is 442 g/mol. The van der Waals surface area contributed by atoms with Crippen molar-refractivity contribution in [3.8, 4) is 0 Å². The van der Waals surface area contributed by atoms with Crippen LogP contribution in [0, 0.1) is 12.7 Å². The summed E-state index contributed by atoms with van der Waals surface area (Å²) in [7, 11) is -3.67. The topological polar surface area (TPSA) is 73.5 Å². The summed E-state index contributed by atoms with van der Waals surface area (Å²) in [6.07, 6.45) is 2.17. The monoisotopic (exact) mass is 441 g/mol. The highest BCUT2D eigenvalue weighted by Gasteiger charge is 2.31. The van der Waals surface area contributed by atoms with Crippen molar-refractivity contribution in [2.24, 2.45) is 0 Å². The van der Waals surface area contributed by atoms with Crippen LogP contribution in [0.5, 0.6) is 0 Å². The van der Waals surface area contributed by atoms with Crippen molar-refractivity contribution in [3.05, 3.63) is 59.0 Å². The largest absolute Gasteiger partial charge is 0.369 e. The van der Waals surface area contributed by atoms with E-state index in [0.717, 1.165) is 35.2 Å². The molecule has 31 heavy (non-hydrogen) atoms. The number of carbonyl (C=O) groups excluding carboxylic acids is 1. The maximum Gasteiger partial charge on any atom is 0.243 e. The van der Waals surface area contributed by atoms with Crippen molar-refractivity contribution in [2.75, 3.05) is 31.1 Å². The van der Waals surface area contributed by atoms with E-state index < -0.39 is 10.0 Å². The van der Waals surface area contributed by atoms with Gasteiger partial charge in [-0.25, -0.2) is 12.8 Å². The molecule has 0 saturated carbocycles. The molecule has 1 saturated heterocycles. The number of H-pyrrole nitrogens is 1. The van der Waals surface area contributed by atoms with Gasteiger partial charge in [-0.2, -0.15) is 4.31 Å². The van der Waals surface area contributed by atoms with Gasteiger partial charge in [-0.3, -0.25) is 4.79 Å². The van der Waals surface area contributed by atoms with Gasteiger partial charge in [-0.15, -0.1) is 0 Å². The Hall–Kier alpha value is -2.71. The molecule has 2 aromatic carbocycles. The molecule has 0 atom stereocenters. The quantitative estimate of drug-likeness (QED) is 0.674. The lowest BCUT2D eigenvalue weighted by Gasteiger charge is -2.35. The summed E-state index contributed by atoms with van der Waals surface area (Å²) in [5.74, 6) is -0.164. The lowest BCUT2D eigenvalue weighted by molar-refractivity contribution is 0.0974. The molecule has 162 valence electrons. The third-order valence-corrected chi connectivity index (χ3v) is 8.37. The zero-order valence-corrected chi connectivity index (χ0v) is 18.1. The fraction of sp³-hybridized carbons (Fsp3) is 0.348. The Morgan fingerprint density at radius 1 is 1.00 bits per heavy atom. The van der Waals surface area contributed by atoms with Crippen LogP contribution < -0.4 is 4.90 Å². The Balaban J connectivity index is 1.42. The molecule has 0 unspecified atom stereocenters. The normalized spacial score (nSPS) is 17.9. The number of nitrogens with one attached hydrogen (secondary N) is 1. The smallest absolute Gasteiger partial charge is 0.243 e. The predicted molar refractivity (Wildman–Crippen MR) is 118 cm³/mol. The van der Waals surface area contributed by atoms with E-state index in [-0.39, 0.29) is 16.5 Å². The highest BCUT2D eigenvalue weighted by Crippen LogP contribution is 2.33. The first-order chi connectivity index (χ1) is 14.8. The molecule has 2 heterocycles. The first kappa shape index (κ1) is 20.2. The lowest BCUT2D eigenvalue weighted by atomic mass is 9.94. The van der Waals surface area contributed by atoms with E-state index in [1.54, 1.807) is 25.1 Å². The number of ketones is 1. The Bertz CT molecular complexity index is 1270. The Labute approximate surface area is 180 Å². The third-order valence-electron chi connectivity index (χ3n) is 6.33. The SMILES string of the molecule is Cc1cc2c3c([nH]c2cc1S(=O)(=O)N1CCN(c2ccc(F)cc2)CC1)CCCC3=O. The highest BCUT2D eigenvalue weighted by atomic mass is 32.2. The summed E-state index contributed by atoms with van der Waals surface area (Å²) in [6.45, 7) is 3.58. The van der Waals surface area contributed by atoms with Gasteiger partial charge in [-0.05, 0) is 61.7 Å². The zero-order valence-electron chi connectivity index (χ0n) is 17.3. The number of Topliss-reactive ketones (excluding diaryl/α,β-unsaturated/α-hetero) is 1. The summed E-state index contributed by atoms with van der Waals surface area (Å²) in [6, 6.07) is 9.76. The van der Waals surface area contributed by atoms with Crippen LogP contribution in [0.1, 0.15) is 34.5 Å². The number of halogens is 1. The minimum absolute atomic E-state index is 0.124. The summed E-state index contributed by atoms with van der Waals surface area (Å²) in [5.41, 5.74) is 3.87. The van der Waals surface area contributed by atoms with E-state index in [1.807, 2.05) is 6.07 Å². The van der Waals surface area contributed by atoms with E-state index in [9.17, 15) is 17.6 Å². The molecule has 2 aliphatic rings. The van der Waals surface area contributed by atoms with Gasteiger partial charge in [0.05, 0.1) is 4.90 Å². The minimum atomic E-state index is -3.67. The second kappa shape index (κ2) is 7.46. The first-order valence-electron chi connectivity index (χ1n) is 10.5. The zero-order chi connectivity index (χ0) is 21.8. The standard InChI is InChI=1S/C23H24FN3O3S/c1-15-13-18-20(25-19-3-2-4-21(28)23(18)19)14-22(15)31(29,30)27-11-9-26(10-12-27)17-7-5-16(24)6-8-17/h5-8,13-14,25H,2-4,9-12H2,1H3. The average Bonchev–Trinajstić information content (AvgIpc) is 3.12. The second-order valence-corrected chi connectivity index (χ2v) is 10.2. The molecule has 1 aliphatic carbocycles. The van der Waals surface area contributed by atoms with Crippen LogP contribution in [0.4, 0.5) is 10.1 Å². The number of aromatic nitrogens is 1.